The molecular weight excluding hydrogens is 597 g/mol. The number of benzene rings is 1. The van der Waals surface area contributed by atoms with Gasteiger partial charge in [-0.3, -0.25) is 9.59 Å². The molecule has 5 rings (SSSR count). The summed E-state index contributed by atoms with van der Waals surface area (Å²) in [4.78, 5) is 55.5. The summed E-state index contributed by atoms with van der Waals surface area (Å²) in [6, 6.07) is 6.31. The highest BCUT2D eigenvalue weighted by atomic mass is 19.1. The van der Waals surface area contributed by atoms with E-state index in [2.05, 4.69) is 25.4 Å². The number of hydrogen-bond donors (Lipinski definition) is 6. The molecule has 1 aliphatic rings. The molecule has 16 heteroatoms. The van der Waals surface area contributed by atoms with Crippen molar-refractivity contribution in [2.75, 3.05) is 0 Å². The predicted molar refractivity (Wildman–Crippen MR) is 150 cm³/mol. The number of aliphatic hydroxyl groups excluding tert-OH is 2. The zero-order chi connectivity index (χ0) is 32.6. The standard InChI is InChI=1S/C25H24FN5O4.C4H6O6/c26-18-14-16(23-27-11-13-34-23)5-6-17(18)20-15-28-24(29-20)25(10-7-22(33)30-25)9-3-1-2-4-21(32)19-8-12-35-31-19;5-1(3(7)8)2(6)4(9)10/h5-6,8,11-15H,1-4,7,9-10H2,(H,28,29)(H,30,33);1-2,5-6H,(H,7,8)(H,9,10)/t25-;/m0./s1. The molecule has 0 radical (unpaired) electrons. The van der Waals surface area contributed by atoms with E-state index in [0.717, 1.165) is 12.8 Å². The van der Waals surface area contributed by atoms with Crippen LogP contribution >= 0.6 is 0 Å². The van der Waals surface area contributed by atoms with E-state index in [1.165, 1.54) is 24.8 Å². The van der Waals surface area contributed by atoms with Gasteiger partial charge in [-0.15, -0.1) is 0 Å². The lowest BCUT2D eigenvalue weighted by Gasteiger charge is -2.27. The summed E-state index contributed by atoms with van der Waals surface area (Å²) in [5.41, 5.74) is 1.13. The van der Waals surface area contributed by atoms with Gasteiger partial charge in [-0.2, -0.15) is 0 Å². The van der Waals surface area contributed by atoms with Crippen LogP contribution in [0.2, 0.25) is 0 Å². The van der Waals surface area contributed by atoms with Crippen molar-refractivity contribution >= 4 is 23.6 Å². The molecule has 0 aliphatic carbocycles. The van der Waals surface area contributed by atoms with Crippen LogP contribution in [0.5, 0.6) is 0 Å². The van der Waals surface area contributed by atoms with Crippen LogP contribution in [-0.4, -0.2) is 76.4 Å². The van der Waals surface area contributed by atoms with Crippen molar-refractivity contribution in [1.29, 1.82) is 0 Å². The van der Waals surface area contributed by atoms with E-state index in [4.69, 9.17) is 29.4 Å². The molecule has 1 aliphatic heterocycles. The van der Waals surface area contributed by atoms with Gasteiger partial charge in [0.1, 0.15) is 29.9 Å². The highest BCUT2D eigenvalue weighted by Gasteiger charge is 2.41. The zero-order valence-corrected chi connectivity index (χ0v) is 23.7. The van der Waals surface area contributed by atoms with Crippen LogP contribution in [0.3, 0.4) is 0 Å². The maximum absolute atomic E-state index is 14.9. The minimum Gasteiger partial charge on any atom is -0.479 e. The van der Waals surface area contributed by atoms with Crippen molar-refractivity contribution in [2.24, 2.45) is 0 Å². The Morgan fingerprint density at radius 2 is 1.78 bits per heavy atom. The average molecular weight is 628 g/mol. The lowest BCUT2D eigenvalue weighted by atomic mass is 9.89. The molecule has 4 aromatic rings. The lowest BCUT2D eigenvalue weighted by molar-refractivity contribution is -0.165. The molecule has 6 N–H and O–H groups in total. The number of aliphatic hydroxyl groups is 2. The molecule has 1 saturated heterocycles. The Balaban J connectivity index is 0.000000399. The molecule has 1 aromatic carbocycles. The van der Waals surface area contributed by atoms with Crippen LogP contribution < -0.4 is 5.32 Å². The monoisotopic (exact) mass is 627 g/mol. The number of aliphatic carboxylic acids is 2. The summed E-state index contributed by atoms with van der Waals surface area (Å²) in [7, 11) is 0. The van der Waals surface area contributed by atoms with E-state index in [0.29, 0.717) is 66.3 Å². The van der Waals surface area contributed by atoms with Gasteiger partial charge in [0.2, 0.25) is 11.8 Å². The number of oxazole rings is 1. The second kappa shape index (κ2) is 14.5. The van der Waals surface area contributed by atoms with Gasteiger partial charge in [-0.05, 0) is 37.5 Å². The van der Waals surface area contributed by atoms with Crippen LogP contribution in [0.25, 0.3) is 22.7 Å². The third-order valence-electron chi connectivity index (χ3n) is 7.16. The number of aromatic nitrogens is 4. The van der Waals surface area contributed by atoms with Crippen molar-refractivity contribution in [3.8, 4) is 22.7 Å². The number of amides is 1. The third kappa shape index (κ3) is 8.04. The molecule has 1 fully saturated rings. The number of nitrogens with one attached hydrogen (secondary N) is 2. The van der Waals surface area contributed by atoms with E-state index in [1.54, 1.807) is 24.4 Å². The van der Waals surface area contributed by atoms with E-state index in [9.17, 15) is 23.6 Å². The van der Waals surface area contributed by atoms with Gasteiger partial charge in [0.15, 0.2) is 18.0 Å². The highest BCUT2D eigenvalue weighted by Crippen LogP contribution is 2.36. The molecule has 2 unspecified atom stereocenters. The fourth-order valence-corrected chi connectivity index (χ4v) is 4.78. The number of Topliss-reactive ketones (excluding diaryl/α,β-unsaturated/α-hetero) is 1. The number of rotatable bonds is 13. The van der Waals surface area contributed by atoms with Crippen molar-refractivity contribution < 1.29 is 52.9 Å². The number of hydrogen-bond acceptors (Lipinski definition) is 11. The van der Waals surface area contributed by atoms with Gasteiger partial charge < -0.3 is 39.7 Å². The van der Waals surface area contributed by atoms with Crippen molar-refractivity contribution in [3.05, 3.63) is 66.5 Å². The molecule has 45 heavy (non-hydrogen) atoms. The quantitative estimate of drug-likeness (QED) is 0.0923. The third-order valence-corrected chi connectivity index (χ3v) is 7.16. The molecule has 15 nitrogen and oxygen atoms in total. The number of carboxylic acids is 2. The minimum atomic E-state index is -2.27. The Morgan fingerprint density at radius 3 is 2.36 bits per heavy atom. The number of carbonyl (C=O) groups excluding carboxylic acids is 2. The fourth-order valence-electron chi connectivity index (χ4n) is 4.78. The second-order valence-electron chi connectivity index (χ2n) is 10.2. The number of carbonyl (C=O) groups is 4. The predicted octanol–water partition coefficient (Wildman–Crippen LogP) is 2.67. The topological polar surface area (TPSA) is 242 Å². The second-order valence-corrected chi connectivity index (χ2v) is 10.2. The largest absolute Gasteiger partial charge is 0.479 e. The summed E-state index contributed by atoms with van der Waals surface area (Å²) >= 11 is 0. The first kappa shape index (κ1) is 32.7. The number of ketones is 1. The number of carboxylic acid groups (broad SMARTS) is 2. The maximum atomic E-state index is 14.9. The van der Waals surface area contributed by atoms with Gasteiger partial charge in [-0.1, -0.05) is 18.0 Å². The summed E-state index contributed by atoms with van der Waals surface area (Å²) in [5.74, 6) is -3.11. The van der Waals surface area contributed by atoms with Gasteiger partial charge in [0.25, 0.3) is 0 Å². The van der Waals surface area contributed by atoms with Crippen molar-refractivity contribution in [3.63, 3.8) is 0 Å². The summed E-state index contributed by atoms with van der Waals surface area (Å²) in [6.45, 7) is 0. The summed E-state index contributed by atoms with van der Waals surface area (Å²) in [5, 5.41) is 39.3. The summed E-state index contributed by atoms with van der Waals surface area (Å²) < 4.78 is 24.9. The Hall–Kier alpha value is -5.22. The molecule has 0 saturated carbocycles. The number of unbranched alkanes of at least 4 members (excludes halogenated alkanes) is 2. The van der Waals surface area contributed by atoms with Crippen LogP contribution in [0, 0.1) is 5.82 Å². The molecule has 4 heterocycles. The molecule has 0 bridgehead atoms. The van der Waals surface area contributed by atoms with Crippen LogP contribution in [0.1, 0.15) is 61.3 Å². The first-order valence-corrected chi connectivity index (χ1v) is 13.8. The number of H-pyrrole nitrogens is 1. The molecule has 1 amide bonds. The number of nitrogens with zero attached hydrogens (tertiary/aromatic N) is 3. The van der Waals surface area contributed by atoms with Gasteiger partial charge >= 0.3 is 11.9 Å². The van der Waals surface area contributed by atoms with E-state index in [1.807, 2.05) is 0 Å². The Labute approximate surface area is 254 Å². The van der Waals surface area contributed by atoms with Crippen LogP contribution in [0.15, 0.2) is 58.1 Å². The number of aromatic amines is 1. The fraction of sp³-hybridized carbons (Fsp3) is 0.345. The minimum absolute atomic E-state index is 0.0364. The Bertz CT molecular complexity index is 1600. The average Bonchev–Trinajstić information content (AvgIpc) is 3.84. The smallest absolute Gasteiger partial charge is 0.335 e. The number of imidazole rings is 1. The van der Waals surface area contributed by atoms with E-state index >= 15 is 0 Å². The Morgan fingerprint density at radius 1 is 1.02 bits per heavy atom. The number of halogens is 1. The Kier molecular flexibility index (Phi) is 10.5. The van der Waals surface area contributed by atoms with Gasteiger partial charge in [0.05, 0.1) is 23.6 Å². The van der Waals surface area contributed by atoms with Crippen LogP contribution in [-0.2, 0) is 19.9 Å². The van der Waals surface area contributed by atoms with Crippen molar-refractivity contribution in [1.82, 2.24) is 25.4 Å². The molecule has 238 valence electrons. The zero-order valence-electron chi connectivity index (χ0n) is 23.7. The van der Waals surface area contributed by atoms with Gasteiger partial charge in [0, 0.05) is 30.0 Å². The normalized spacial score (nSPS) is 17.2. The highest BCUT2D eigenvalue weighted by molar-refractivity contribution is 5.93. The molecule has 3 aromatic heterocycles. The van der Waals surface area contributed by atoms with E-state index in [-0.39, 0.29) is 11.7 Å². The van der Waals surface area contributed by atoms with Crippen molar-refractivity contribution in [2.45, 2.75) is 62.7 Å². The molecule has 0 spiro atoms. The molecule has 3 atom stereocenters. The first-order valence-electron chi connectivity index (χ1n) is 13.8. The van der Waals surface area contributed by atoms with Gasteiger partial charge in [-0.25, -0.2) is 23.9 Å². The van der Waals surface area contributed by atoms with E-state index < -0.39 is 35.5 Å². The van der Waals surface area contributed by atoms with Crippen LogP contribution in [0.4, 0.5) is 4.39 Å². The maximum Gasteiger partial charge on any atom is 0.335 e. The first-order chi connectivity index (χ1) is 21.5. The SMILES string of the molecule is O=C(O)C(O)C(O)C(=O)O.O=C1CC[C@@](CCCCCC(=O)c2ccon2)(c2ncc(-c3ccc(-c4ncco4)cc3F)[nH]2)N1. The molecular formula is C29H30FN5O10. The lowest BCUT2D eigenvalue weighted by Crippen LogP contribution is -2.39. The summed E-state index contributed by atoms with van der Waals surface area (Å²) in [6.07, 6.45) is 5.74.